The first kappa shape index (κ1) is 12.9. The van der Waals surface area contributed by atoms with Crippen molar-refractivity contribution in [3.05, 3.63) is 16.4 Å². The van der Waals surface area contributed by atoms with E-state index in [0.29, 0.717) is 0 Å². The number of aryl methyl sites for hydroxylation is 1. The number of carbonyl (C=O) groups is 1. The van der Waals surface area contributed by atoms with E-state index in [4.69, 9.17) is 16.7 Å². The van der Waals surface area contributed by atoms with E-state index in [2.05, 4.69) is 5.10 Å². The molecule has 1 heterocycles. The largest absolute Gasteiger partial charge is 0.477 e. The number of nitrogens with zero attached hydrogens (tertiary/aromatic N) is 2. The van der Waals surface area contributed by atoms with Gasteiger partial charge in [-0.05, 0) is 5.92 Å². The fourth-order valence-electron chi connectivity index (χ4n) is 1.32. The Labute approximate surface area is 95.8 Å². The SMILES string of the molecule is CC(C)c1nn(C)c(Cl)c1C(F)(F)C(=O)O. The summed E-state index contributed by atoms with van der Waals surface area (Å²) >= 11 is 5.64. The van der Waals surface area contributed by atoms with Crippen LogP contribution in [0.25, 0.3) is 0 Å². The minimum Gasteiger partial charge on any atom is -0.477 e. The van der Waals surface area contributed by atoms with Crippen LogP contribution in [0.5, 0.6) is 0 Å². The molecule has 1 N–H and O–H groups in total. The van der Waals surface area contributed by atoms with E-state index in [-0.39, 0.29) is 16.8 Å². The molecule has 16 heavy (non-hydrogen) atoms. The molecule has 1 rings (SSSR count). The Balaban J connectivity index is 3.48. The van der Waals surface area contributed by atoms with Gasteiger partial charge in [0, 0.05) is 7.05 Å². The topological polar surface area (TPSA) is 55.1 Å². The van der Waals surface area contributed by atoms with Crippen LogP contribution in [0.1, 0.15) is 31.0 Å². The van der Waals surface area contributed by atoms with E-state index in [1.807, 2.05) is 0 Å². The summed E-state index contributed by atoms with van der Waals surface area (Å²) in [5.41, 5.74) is -0.723. The third-order valence-electron chi connectivity index (χ3n) is 2.13. The van der Waals surface area contributed by atoms with E-state index in [1.54, 1.807) is 13.8 Å². The van der Waals surface area contributed by atoms with Crippen molar-refractivity contribution in [2.24, 2.45) is 7.05 Å². The van der Waals surface area contributed by atoms with Gasteiger partial charge in [0.15, 0.2) is 0 Å². The molecule has 0 aliphatic rings. The van der Waals surface area contributed by atoms with Gasteiger partial charge in [0.1, 0.15) is 5.15 Å². The summed E-state index contributed by atoms with van der Waals surface area (Å²) in [5.74, 6) is -6.59. The van der Waals surface area contributed by atoms with Gasteiger partial charge in [0.05, 0.1) is 11.3 Å². The predicted molar refractivity (Wildman–Crippen MR) is 53.8 cm³/mol. The Morgan fingerprint density at radius 2 is 2.06 bits per heavy atom. The summed E-state index contributed by atoms with van der Waals surface area (Å²) in [6.45, 7) is 3.28. The Bertz CT molecular complexity index is 429. The van der Waals surface area contributed by atoms with Gasteiger partial charge in [0.2, 0.25) is 0 Å². The van der Waals surface area contributed by atoms with Crippen molar-refractivity contribution in [2.75, 3.05) is 0 Å². The Morgan fingerprint density at radius 3 is 2.44 bits per heavy atom. The van der Waals surface area contributed by atoms with Crippen LogP contribution in [-0.4, -0.2) is 20.9 Å². The summed E-state index contributed by atoms with van der Waals surface area (Å²) in [5, 5.41) is 11.9. The van der Waals surface area contributed by atoms with Crippen LogP contribution in [0.15, 0.2) is 0 Å². The fourth-order valence-corrected chi connectivity index (χ4v) is 1.58. The van der Waals surface area contributed by atoms with Crippen LogP contribution < -0.4 is 0 Å². The smallest absolute Gasteiger partial charge is 0.379 e. The molecule has 0 aliphatic carbocycles. The summed E-state index contributed by atoms with van der Waals surface area (Å²) in [4.78, 5) is 10.5. The van der Waals surface area contributed by atoms with E-state index >= 15 is 0 Å². The van der Waals surface area contributed by atoms with Crippen LogP contribution >= 0.6 is 11.6 Å². The predicted octanol–water partition coefficient (Wildman–Crippen LogP) is 2.37. The Kier molecular flexibility index (Phi) is 3.23. The minimum absolute atomic E-state index is 0.0000926. The zero-order valence-electron chi connectivity index (χ0n) is 8.96. The van der Waals surface area contributed by atoms with Crippen molar-refractivity contribution >= 4 is 17.6 Å². The number of aromatic nitrogens is 2. The Morgan fingerprint density at radius 1 is 1.56 bits per heavy atom. The van der Waals surface area contributed by atoms with Crippen molar-refractivity contribution < 1.29 is 18.7 Å². The molecular weight excluding hydrogens is 242 g/mol. The van der Waals surface area contributed by atoms with Crippen molar-refractivity contribution in [3.8, 4) is 0 Å². The number of alkyl halides is 2. The summed E-state index contributed by atoms with van der Waals surface area (Å²) < 4.78 is 27.9. The van der Waals surface area contributed by atoms with Crippen LogP contribution in [0, 0.1) is 0 Å². The maximum absolute atomic E-state index is 13.4. The summed E-state index contributed by atoms with van der Waals surface area (Å²) in [6.07, 6.45) is 0. The van der Waals surface area contributed by atoms with Crippen LogP contribution in [-0.2, 0) is 17.8 Å². The van der Waals surface area contributed by atoms with Gasteiger partial charge in [-0.1, -0.05) is 25.4 Å². The standard InChI is InChI=1S/C9H11ClF2N2O2/c1-4(2)6-5(7(10)14(3)13-6)9(11,12)8(15)16/h4H,1-3H3,(H,15,16). The molecule has 0 fully saturated rings. The molecule has 4 nitrogen and oxygen atoms in total. The van der Waals surface area contributed by atoms with E-state index in [0.717, 1.165) is 4.68 Å². The summed E-state index contributed by atoms with van der Waals surface area (Å²) in [7, 11) is 1.38. The lowest BCUT2D eigenvalue weighted by molar-refractivity contribution is -0.166. The molecule has 0 aliphatic heterocycles. The maximum Gasteiger partial charge on any atom is 0.379 e. The lowest BCUT2D eigenvalue weighted by Gasteiger charge is -2.13. The average Bonchev–Trinajstić information content (AvgIpc) is 2.43. The van der Waals surface area contributed by atoms with E-state index < -0.39 is 17.5 Å². The molecule has 0 atom stereocenters. The Hall–Kier alpha value is -1.17. The molecule has 1 aromatic rings. The number of carboxylic acid groups (broad SMARTS) is 1. The number of hydrogen-bond acceptors (Lipinski definition) is 2. The zero-order chi connectivity index (χ0) is 12.7. The third-order valence-corrected chi connectivity index (χ3v) is 2.57. The van der Waals surface area contributed by atoms with Crippen LogP contribution in [0.4, 0.5) is 8.78 Å². The van der Waals surface area contributed by atoms with Gasteiger partial charge in [-0.2, -0.15) is 13.9 Å². The second-order valence-electron chi connectivity index (χ2n) is 3.71. The molecule has 0 bridgehead atoms. The molecule has 0 spiro atoms. The quantitative estimate of drug-likeness (QED) is 0.899. The second-order valence-corrected chi connectivity index (χ2v) is 4.07. The number of halogens is 3. The molecule has 1 aromatic heterocycles. The molecule has 0 radical (unpaired) electrons. The third kappa shape index (κ3) is 1.89. The number of rotatable bonds is 3. The van der Waals surface area contributed by atoms with E-state index in [9.17, 15) is 13.6 Å². The number of carboxylic acids is 1. The highest BCUT2D eigenvalue weighted by atomic mass is 35.5. The highest BCUT2D eigenvalue weighted by Crippen LogP contribution is 2.38. The van der Waals surface area contributed by atoms with Crippen LogP contribution in [0.2, 0.25) is 5.15 Å². The first-order chi connectivity index (χ1) is 7.19. The first-order valence-corrected chi connectivity index (χ1v) is 4.91. The molecule has 0 unspecified atom stereocenters. The normalized spacial score (nSPS) is 12.2. The monoisotopic (exact) mass is 252 g/mol. The van der Waals surface area contributed by atoms with Crippen molar-refractivity contribution in [1.82, 2.24) is 9.78 Å². The van der Waals surface area contributed by atoms with Gasteiger partial charge < -0.3 is 5.11 Å². The molecule has 0 amide bonds. The van der Waals surface area contributed by atoms with Crippen molar-refractivity contribution in [2.45, 2.75) is 25.7 Å². The lowest BCUT2D eigenvalue weighted by atomic mass is 10.0. The second kappa shape index (κ2) is 4.01. The lowest BCUT2D eigenvalue weighted by Crippen LogP contribution is -2.26. The zero-order valence-corrected chi connectivity index (χ0v) is 9.72. The number of hydrogen-bond donors (Lipinski definition) is 1. The average molecular weight is 253 g/mol. The molecule has 0 aromatic carbocycles. The van der Waals surface area contributed by atoms with E-state index in [1.165, 1.54) is 7.05 Å². The fraction of sp³-hybridized carbons (Fsp3) is 0.556. The van der Waals surface area contributed by atoms with Gasteiger partial charge in [-0.25, -0.2) is 4.79 Å². The minimum atomic E-state index is -4.02. The molecule has 0 saturated heterocycles. The van der Waals surface area contributed by atoms with Gasteiger partial charge in [0.25, 0.3) is 0 Å². The highest BCUT2D eigenvalue weighted by molar-refractivity contribution is 6.30. The molecule has 7 heteroatoms. The number of aliphatic carboxylic acids is 1. The highest BCUT2D eigenvalue weighted by Gasteiger charge is 2.47. The summed E-state index contributed by atoms with van der Waals surface area (Å²) in [6, 6.07) is 0. The van der Waals surface area contributed by atoms with Crippen LogP contribution in [0.3, 0.4) is 0 Å². The van der Waals surface area contributed by atoms with Gasteiger partial charge in [-0.3, -0.25) is 4.68 Å². The first-order valence-electron chi connectivity index (χ1n) is 4.53. The van der Waals surface area contributed by atoms with Gasteiger partial charge in [-0.15, -0.1) is 0 Å². The molecule has 0 saturated carbocycles. The molecular formula is C9H11ClF2N2O2. The maximum atomic E-state index is 13.4. The van der Waals surface area contributed by atoms with Crippen molar-refractivity contribution in [3.63, 3.8) is 0 Å². The molecule has 90 valence electrons. The van der Waals surface area contributed by atoms with Gasteiger partial charge >= 0.3 is 11.9 Å². The van der Waals surface area contributed by atoms with Crippen molar-refractivity contribution in [1.29, 1.82) is 0 Å².